The van der Waals surface area contributed by atoms with Gasteiger partial charge in [0.2, 0.25) is 0 Å². The van der Waals surface area contributed by atoms with Crippen molar-refractivity contribution in [3.05, 3.63) is 41.2 Å². The number of hydrogen-bond acceptors (Lipinski definition) is 6. The fraction of sp³-hybridized carbons (Fsp3) is 0.312. The van der Waals surface area contributed by atoms with Crippen LogP contribution in [0.4, 0.5) is 0 Å². The zero-order chi connectivity index (χ0) is 17.1. The molecule has 0 bridgehead atoms. The molecule has 1 amide bonds. The zero-order valence-corrected chi connectivity index (χ0v) is 12.7. The molecule has 7 nitrogen and oxygen atoms in total. The lowest BCUT2D eigenvalue weighted by Crippen LogP contribution is -2.35. The van der Waals surface area contributed by atoms with Crippen LogP contribution in [0.2, 0.25) is 0 Å². The number of amides is 1. The molecule has 0 saturated carbocycles. The first-order valence-corrected chi connectivity index (χ1v) is 6.95. The van der Waals surface area contributed by atoms with Crippen LogP contribution < -0.4 is 9.84 Å². The lowest BCUT2D eigenvalue weighted by atomic mass is 9.96. The van der Waals surface area contributed by atoms with Gasteiger partial charge in [0.15, 0.2) is 11.5 Å². The van der Waals surface area contributed by atoms with E-state index in [9.17, 15) is 24.6 Å². The molecule has 0 radical (unpaired) electrons. The molecule has 1 aliphatic rings. The summed E-state index contributed by atoms with van der Waals surface area (Å²) in [5.41, 5.74) is 0.492. The summed E-state index contributed by atoms with van der Waals surface area (Å²) in [5, 5.41) is 20.7. The highest BCUT2D eigenvalue weighted by Crippen LogP contribution is 2.38. The van der Waals surface area contributed by atoms with E-state index >= 15 is 0 Å². The monoisotopic (exact) mass is 318 g/mol. The van der Waals surface area contributed by atoms with Crippen molar-refractivity contribution in [2.45, 2.75) is 19.4 Å². The minimum absolute atomic E-state index is 0.0541. The van der Waals surface area contributed by atoms with E-state index in [1.807, 2.05) is 0 Å². The van der Waals surface area contributed by atoms with Gasteiger partial charge in [-0.25, -0.2) is 0 Å². The molecule has 2 rings (SSSR count). The third-order valence-electron chi connectivity index (χ3n) is 3.65. The molecule has 1 aliphatic heterocycles. The topological polar surface area (TPSA) is 107 Å². The molecule has 1 atom stereocenters. The van der Waals surface area contributed by atoms with Crippen LogP contribution in [0, 0.1) is 0 Å². The number of carboxylic acid groups (broad SMARTS) is 1. The Balaban J connectivity index is 2.48. The van der Waals surface area contributed by atoms with Gasteiger partial charge in [-0.15, -0.1) is 0 Å². The maximum atomic E-state index is 12.2. The van der Waals surface area contributed by atoms with Gasteiger partial charge in [0.05, 0.1) is 18.7 Å². The van der Waals surface area contributed by atoms with E-state index in [4.69, 9.17) is 4.74 Å². The second-order valence-electron chi connectivity index (χ2n) is 5.12. The molecular formula is C16H16NO6-. The molecule has 7 heteroatoms. The Morgan fingerprint density at radius 3 is 2.65 bits per heavy atom. The standard InChI is InChI=1S/C16H17NO6/c1-9(18)13-14(10-4-3-5-11(8-10)23-2)17(7-6-12(19)20)16(22)15(13)21/h3-5,8,14,21H,6-7H2,1-2H3,(H,19,20)/p-1/t14-/m0/s1. The van der Waals surface area contributed by atoms with Crippen LogP contribution in [0.25, 0.3) is 0 Å². The fourth-order valence-electron chi connectivity index (χ4n) is 2.61. The highest BCUT2D eigenvalue weighted by Gasteiger charge is 2.42. The van der Waals surface area contributed by atoms with E-state index in [0.717, 1.165) is 4.90 Å². The van der Waals surface area contributed by atoms with Crippen molar-refractivity contribution in [3.63, 3.8) is 0 Å². The van der Waals surface area contributed by atoms with Gasteiger partial charge in [-0.1, -0.05) is 12.1 Å². The van der Waals surface area contributed by atoms with Crippen molar-refractivity contribution >= 4 is 17.7 Å². The summed E-state index contributed by atoms with van der Waals surface area (Å²) in [6, 6.07) is 5.83. The van der Waals surface area contributed by atoms with Crippen molar-refractivity contribution in [3.8, 4) is 5.75 Å². The number of rotatable bonds is 6. The average molecular weight is 318 g/mol. The predicted octanol–water partition coefficient (Wildman–Crippen LogP) is 0.120. The summed E-state index contributed by atoms with van der Waals surface area (Å²) in [7, 11) is 1.48. The van der Waals surface area contributed by atoms with Crippen LogP contribution >= 0.6 is 0 Å². The van der Waals surface area contributed by atoms with Gasteiger partial charge in [-0.2, -0.15) is 0 Å². The van der Waals surface area contributed by atoms with Crippen LogP contribution in [-0.2, 0) is 14.4 Å². The molecular weight excluding hydrogens is 302 g/mol. The Morgan fingerprint density at radius 2 is 2.09 bits per heavy atom. The minimum atomic E-state index is -1.32. The van der Waals surface area contributed by atoms with Crippen molar-refractivity contribution in [2.24, 2.45) is 0 Å². The third-order valence-corrected chi connectivity index (χ3v) is 3.65. The largest absolute Gasteiger partial charge is 0.550 e. The first-order chi connectivity index (χ1) is 10.9. The predicted molar refractivity (Wildman–Crippen MR) is 77.4 cm³/mol. The number of aliphatic hydroxyl groups excluding tert-OH is 1. The fourth-order valence-corrected chi connectivity index (χ4v) is 2.61. The quantitative estimate of drug-likeness (QED) is 0.798. The molecule has 0 fully saturated rings. The van der Waals surface area contributed by atoms with Crippen LogP contribution in [0.1, 0.15) is 24.9 Å². The van der Waals surface area contributed by atoms with Gasteiger partial charge in [-0.3, -0.25) is 9.59 Å². The van der Waals surface area contributed by atoms with Crippen LogP contribution in [0.15, 0.2) is 35.6 Å². The van der Waals surface area contributed by atoms with E-state index in [-0.39, 0.29) is 12.1 Å². The van der Waals surface area contributed by atoms with E-state index in [0.29, 0.717) is 11.3 Å². The molecule has 1 aromatic rings. The summed E-state index contributed by atoms with van der Waals surface area (Å²) in [6.45, 7) is 1.07. The number of aliphatic hydroxyl groups is 1. The van der Waals surface area contributed by atoms with E-state index in [1.54, 1.807) is 24.3 Å². The smallest absolute Gasteiger partial charge is 0.290 e. The van der Waals surface area contributed by atoms with Crippen molar-refractivity contribution in [1.29, 1.82) is 0 Å². The first kappa shape index (κ1) is 16.5. The van der Waals surface area contributed by atoms with E-state index < -0.39 is 35.9 Å². The number of Topliss-reactive ketones (excluding diaryl/α,β-unsaturated/α-hetero) is 1. The SMILES string of the molecule is COc1cccc([C@H]2C(C(C)=O)=C(O)C(=O)N2CCC(=O)[O-])c1. The molecule has 0 saturated heterocycles. The lowest BCUT2D eigenvalue weighted by molar-refractivity contribution is -0.305. The summed E-state index contributed by atoms with van der Waals surface area (Å²) in [5.74, 6) is -2.69. The highest BCUT2D eigenvalue weighted by atomic mass is 16.5. The first-order valence-electron chi connectivity index (χ1n) is 6.95. The number of ketones is 1. The number of carboxylic acids is 1. The molecule has 1 N–H and O–H groups in total. The summed E-state index contributed by atoms with van der Waals surface area (Å²) in [6.07, 6.45) is -0.398. The summed E-state index contributed by atoms with van der Waals surface area (Å²) in [4.78, 5) is 35.9. The lowest BCUT2D eigenvalue weighted by Gasteiger charge is -2.27. The maximum Gasteiger partial charge on any atom is 0.290 e. The second kappa shape index (κ2) is 6.51. The Labute approximate surface area is 132 Å². The van der Waals surface area contributed by atoms with Gasteiger partial charge < -0.3 is 24.6 Å². The zero-order valence-electron chi connectivity index (χ0n) is 12.7. The van der Waals surface area contributed by atoms with Crippen molar-refractivity contribution in [1.82, 2.24) is 4.90 Å². The third kappa shape index (κ3) is 3.18. The van der Waals surface area contributed by atoms with Gasteiger partial charge in [0, 0.05) is 18.9 Å². The second-order valence-corrected chi connectivity index (χ2v) is 5.12. The van der Waals surface area contributed by atoms with Crippen molar-refractivity contribution in [2.75, 3.05) is 13.7 Å². The Bertz CT molecular complexity index is 694. The number of carbonyl (C=O) groups is 3. The summed E-state index contributed by atoms with van der Waals surface area (Å²) >= 11 is 0. The molecule has 0 aromatic heterocycles. The van der Waals surface area contributed by atoms with Crippen LogP contribution in [0.5, 0.6) is 5.75 Å². The Hall–Kier alpha value is -2.83. The number of methoxy groups -OCH3 is 1. The minimum Gasteiger partial charge on any atom is -0.550 e. The highest BCUT2D eigenvalue weighted by molar-refractivity contribution is 6.08. The number of benzene rings is 1. The van der Waals surface area contributed by atoms with E-state index in [2.05, 4.69) is 0 Å². The van der Waals surface area contributed by atoms with Gasteiger partial charge in [0.25, 0.3) is 5.91 Å². The molecule has 0 unspecified atom stereocenters. The number of nitrogens with zero attached hydrogens (tertiary/aromatic N) is 1. The van der Waals surface area contributed by atoms with Crippen molar-refractivity contribution < 1.29 is 29.3 Å². The molecule has 23 heavy (non-hydrogen) atoms. The molecule has 1 aromatic carbocycles. The number of carbonyl (C=O) groups excluding carboxylic acids is 3. The van der Waals surface area contributed by atoms with E-state index in [1.165, 1.54) is 14.0 Å². The normalized spacial score (nSPS) is 17.6. The molecule has 0 aliphatic carbocycles. The molecule has 1 heterocycles. The molecule has 122 valence electrons. The Kier molecular flexibility index (Phi) is 4.68. The molecule has 0 spiro atoms. The number of ether oxygens (including phenoxy) is 1. The number of hydrogen-bond donors (Lipinski definition) is 1. The van der Waals surface area contributed by atoms with Gasteiger partial charge >= 0.3 is 0 Å². The van der Waals surface area contributed by atoms with Crippen LogP contribution in [-0.4, -0.2) is 41.3 Å². The summed E-state index contributed by atoms with van der Waals surface area (Å²) < 4.78 is 5.13. The Morgan fingerprint density at radius 1 is 1.39 bits per heavy atom. The average Bonchev–Trinajstić information content (AvgIpc) is 2.77. The maximum absolute atomic E-state index is 12.2. The van der Waals surface area contributed by atoms with Crippen LogP contribution in [0.3, 0.4) is 0 Å². The van der Waals surface area contributed by atoms with Gasteiger partial charge in [0.1, 0.15) is 5.75 Å². The van der Waals surface area contributed by atoms with Gasteiger partial charge in [-0.05, 0) is 24.6 Å². The number of aliphatic carboxylic acids is 1.